The van der Waals surface area contributed by atoms with Crippen molar-refractivity contribution < 1.29 is 13.0 Å². The molecule has 2 N–H and O–H groups in total. The van der Waals surface area contributed by atoms with Crippen LogP contribution in [0.3, 0.4) is 0 Å². The Kier molecular flexibility index (Phi) is 3.55. The van der Waals surface area contributed by atoms with Crippen molar-refractivity contribution in [3.05, 3.63) is 0 Å². The van der Waals surface area contributed by atoms with Crippen LogP contribution in [0.1, 0.15) is 0 Å². The molecule has 1 saturated heterocycles. The molecule has 0 aromatic carbocycles. The summed E-state index contributed by atoms with van der Waals surface area (Å²) in [6.45, 7) is 0.477. The summed E-state index contributed by atoms with van der Waals surface area (Å²) in [5.41, 5.74) is 2.93. The molecule has 1 unspecified atom stereocenters. The fourth-order valence-corrected chi connectivity index (χ4v) is 2.65. The zero-order valence-electron chi connectivity index (χ0n) is 7.47. The van der Waals surface area contributed by atoms with Gasteiger partial charge < -0.3 is 0 Å². The van der Waals surface area contributed by atoms with Crippen molar-refractivity contribution >= 4 is 21.9 Å². The van der Waals surface area contributed by atoms with Gasteiger partial charge in [-0.2, -0.15) is 8.42 Å². The second-order valence-corrected chi connectivity index (χ2v) is 5.20. The average Bonchev–Trinajstić information content (AvgIpc) is 2.27. The van der Waals surface area contributed by atoms with Crippen LogP contribution in [-0.2, 0) is 10.1 Å². The molecule has 0 amide bonds. The minimum absolute atomic E-state index is 0.0908. The Bertz CT molecular complexity index is 268. The Morgan fingerprint density at radius 2 is 2.31 bits per heavy atom. The van der Waals surface area contributed by atoms with Crippen LogP contribution in [0.15, 0.2) is 0 Å². The third-order valence-corrected chi connectivity index (χ3v) is 3.12. The highest BCUT2D eigenvalue weighted by Gasteiger charge is 2.29. The van der Waals surface area contributed by atoms with Gasteiger partial charge in [0.1, 0.15) is 11.4 Å². The van der Waals surface area contributed by atoms with Gasteiger partial charge in [-0.15, -0.1) is 11.8 Å². The summed E-state index contributed by atoms with van der Waals surface area (Å²) in [4.78, 5) is 1.62. The molecule has 0 bridgehead atoms. The van der Waals surface area contributed by atoms with Crippen molar-refractivity contribution in [2.75, 3.05) is 25.8 Å². The van der Waals surface area contributed by atoms with E-state index in [9.17, 15) is 8.42 Å². The first kappa shape index (κ1) is 11.2. The Morgan fingerprint density at radius 3 is 2.77 bits per heavy atom. The molecule has 0 aromatic rings. The van der Waals surface area contributed by atoms with Gasteiger partial charge in [0, 0.05) is 7.05 Å². The Labute approximate surface area is 82.0 Å². The van der Waals surface area contributed by atoms with Crippen LogP contribution < -0.4 is 5.43 Å². The normalized spacial score (nSPS) is 26.8. The predicted octanol–water partition coefficient (Wildman–Crippen LogP) is -0.812. The molecule has 0 aliphatic carbocycles. The highest BCUT2D eigenvalue weighted by Crippen LogP contribution is 2.16. The van der Waals surface area contributed by atoms with Gasteiger partial charge in [0.05, 0.1) is 6.67 Å². The van der Waals surface area contributed by atoms with E-state index in [2.05, 4.69) is 5.43 Å². The van der Waals surface area contributed by atoms with Crippen LogP contribution >= 0.6 is 11.8 Å². The molecule has 1 rings (SSSR count). The van der Waals surface area contributed by atoms with Gasteiger partial charge in [-0.1, -0.05) is 0 Å². The molecule has 1 aliphatic rings. The highest BCUT2D eigenvalue weighted by molar-refractivity contribution is 7.99. The average molecular weight is 227 g/mol. The molecule has 0 radical (unpaired) electrons. The van der Waals surface area contributed by atoms with Gasteiger partial charge in [0.25, 0.3) is 10.1 Å². The molecule has 78 valence electrons. The van der Waals surface area contributed by atoms with Crippen molar-refractivity contribution in [3.8, 4) is 0 Å². The molecule has 6 nitrogen and oxygen atoms in total. The van der Waals surface area contributed by atoms with E-state index >= 15 is 0 Å². The summed E-state index contributed by atoms with van der Waals surface area (Å²) >= 11 is 1.48. The van der Waals surface area contributed by atoms with E-state index in [1.165, 1.54) is 11.8 Å². The lowest BCUT2D eigenvalue weighted by Gasteiger charge is -2.18. The van der Waals surface area contributed by atoms with E-state index in [0.29, 0.717) is 6.67 Å². The Hall–Kier alpha value is 0.140. The molecule has 1 heterocycles. The molecular formula is C5H13N3O3S2. The monoisotopic (exact) mass is 227 g/mol. The Balaban J connectivity index is 2.59. The topological polar surface area (TPSA) is 72.9 Å². The van der Waals surface area contributed by atoms with Gasteiger partial charge in [0.15, 0.2) is 0 Å². The maximum absolute atomic E-state index is 10.6. The summed E-state index contributed by atoms with van der Waals surface area (Å²) in [6.07, 6.45) is 1.87. The number of thioether (sulfide) groups is 1. The molecule has 0 spiro atoms. The molecule has 8 heteroatoms. The standard InChI is InChI=1S/C5H13N3O3S2/c1-7-3-8(4-13(9,10)11)5(6-7)12-2/h5-6H,3-4H2,1-2H3,(H,9,10,11). The molecule has 1 fully saturated rings. The zero-order valence-corrected chi connectivity index (χ0v) is 9.10. The first-order chi connectivity index (χ1) is 5.92. The van der Waals surface area contributed by atoms with Crippen LogP contribution in [0.5, 0.6) is 0 Å². The van der Waals surface area contributed by atoms with E-state index < -0.39 is 10.1 Å². The Morgan fingerprint density at radius 1 is 1.69 bits per heavy atom. The number of hydrogen-bond acceptors (Lipinski definition) is 6. The quantitative estimate of drug-likeness (QED) is 0.611. The van der Waals surface area contributed by atoms with Crippen LogP contribution in [0, 0.1) is 0 Å². The maximum atomic E-state index is 10.6. The summed E-state index contributed by atoms with van der Waals surface area (Å²) in [7, 11) is -2.12. The smallest absolute Gasteiger partial charge is 0.278 e. The minimum Gasteiger partial charge on any atom is -0.285 e. The van der Waals surface area contributed by atoms with Crippen LogP contribution in [0.25, 0.3) is 0 Å². The van der Waals surface area contributed by atoms with Crippen LogP contribution in [0.4, 0.5) is 0 Å². The highest BCUT2D eigenvalue weighted by atomic mass is 32.2. The molecule has 0 aromatic heterocycles. The fraction of sp³-hybridized carbons (Fsp3) is 1.00. The van der Waals surface area contributed by atoms with Crippen LogP contribution in [-0.4, -0.2) is 54.2 Å². The summed E-state index contributed by atoms with van der Waals surface area (Å²) in [6, 6.07) is 0. The molecule has 1 atom stereocenters. The van der Waals surface area contributed by atoms with Crippen molar-refractivity contribution in [3.63, 3.8) is 0 Å². The largest absolute Gasteiger partial charge is 0.285 e. The number of nitrogens with zero attached hydrogens (tertiary/aromatic N) is 2. The molecular weight excluding hydrogens is 214 g/mol. The van der Waals surface area contributed by atoms with E-state index in [1.807, 2.05) is 13.3 Å². The third kappa shape index (κ3) is 3.41. The maximum Gasteiger partial charge on any atom is 0.278 e. The second kappa shape index (κ2) is 4.11. The van der Waals surface area contributed by atoms with Gasteiger partial charge in [-0.25, -0.2) is 15.3 Å². The SMILES string of the molecule is CSC1NN(C)CN1CS(=O)(=O)O. The van der Waals surface area contributed by atoms with E-state index in [-0.39, 0.29) is 11.4 Å². The van der Waals surface area contributed by atoms with Gasteiger partial charge >= 0.3 is 0 Å². The summed E-state index contributed by atoms with van der Waals surface area (Å²) in [5, 5.41) is 1.77. The minimum atomic E-state index is -3.93. The third-order valence-electron chi connectivity index (χ3n) is 1.61. The van der Waals surface area contributed by atoms with Crippen molar-refractivity contribution in [1.29, 1.82) is 0 Å². The number of hydrogen-bond donors (Lipinski definition) is 2. The summed E-state index contributed by atoms with van der Waals surface area (Å²) < 4.78 is 29.9. The fourth-order valence-electron chi connectivity index (χ4n) is 1.18. The van der Waals surface area contributed by atoms with Crippen molar-refractivity contribution in [1.82, 2.24) is 15.3 Å². The first-order valence-electron chi connectivity index (χ1n) is 3.61. The van der Waals surface area contributed by atoms with Gasteiger partial charge in [-0.3, -0.25) is 4.55 Å². The van der Waals surface area contributed by atoms with Crippen molar-refractivity contribution in [2.45, 2.75) is 5.50 Å². The lowest BCUT2D eigenvalue weighted by Crippen LogP contribution is -2.36. The number of rotatable bonds is 3. The molecule has 0 saturated carbocycles. The van der Waals surface area contributed by atoms with E-state index in [4.69, 9.17) is 4.55 Å². The zero-order chi connectivity index (χ0) is 10.1. The molecule has 1 aliphatic heterocycles. The van der Waals surface area contributed by atoms with Crippen LogP contribution in [0.2, 0.25) is 0 Å². The van der Waals surface area contributed by atoms with Crippen molar-refractivity contribution in [2.24, 2.45) is 0 Å². The van der Waals surface area contributed by atoms with E-state index in [0.717, 1.165) is 0 Å². The van der Waals surface area contributed by atoms with Gasteiger partial charge in [0.2, 0.25) is 0 Å². The lowest BCUT2D eigenvalue weighted by molar-refractivity contribution is 0.273. The molecule has 13 heavy (non-hydrogen) atoms. The van der Waals surface area contributed by atoms with Gasteiger partial charge in [-0.05, 0) is 6.26 Å². The second-order valence-electron chi connectivity index (χ2n) is 2.86. The van der Waals surface area contributed by atoms with E-state index in [1.54, 1.807) is 9.91 Å². The predicted molar refractivity (Wildman–Crippen MR) is 51.3 cm³/mol. The number of hydrazine groups is 1. The first-order valence-corrected chi connectivity index (χ1v) is 6.51. The number of nitrogens with one attached hydrogen (secondary N) is 1. The lowest BCUT2D eigenvalue weighted by atomic mass is 10.8. The summed E-state index contributed by atoms with van der Waals surface area (Å²) in [5.74, 6) is -0.337.